The van der Waals surface area contributed by atoms with Crippen molar-refractivity contribution >= 4 is 65.7 Å². The lowest BCUT2D eigenvalue weighted by Gasteiger charge is -2.23. The van der Waals surface area contributed by atoms with Crippen LogP contribution in [0.4, 0.5) is 11.4 Å². The van der Waals surface area contributed by atoms with Crippen LogP contribution in [0, 0.1) is 10.8 Å². The molecule has 0 radical (unpaired) electrons. The number of guanidine groups is 3. The Morgan fingerprint density at radius 2 is 1.41 bits per heavy atom. The van der Waals surface area contributed by atoms with Gasteiger partial charge < -0.3 is 16.8 Å². The molecule has 0 aliphatic carbocycles. The largest absolute Gasteiger partial charge is 0.369 e. The predicted molar refractivity (Wildman–Crippen MR) is 134 cm³/mol. The van der Waals surface area contributed by atoms with Crippen LogP contribution in [0.3, 0.4) is 0 Å². The molecule has 1 amide bonds. The van der Waals surface area contributed by atoms with Gasteiger partial charge in [0.25, 0.3) is 0 Å². The Labute approximate surface area is 198 Å². The van der Waals surface area contributed by atoms with Crippen molar-refractivity contribution in [3.63, 3.8) is 0 Å². The van der Waals surface area contributed by atoms with Crippen molar-refractivity contribution in [2.45, 2.75) is 13.8 Å². The van der Waals surface area contributed by atoms with E-state index in [9.17, 15) is 4.79 Å². The summed E-state index contributed by atoms with van der Waals surface area (Å²) in [4.78, 5) is 13.7. The van der Waals surface area contributed by atoms with Crippen LogP contribution in [-0.2, 0) is 4.79 Å². The first-order chi connectivity index (χ1) is 14.3. The van der Waals surface area contributed by atoms with Crippen molar-refractivity contribution in [2.24, 2.45) is 21.7 Å². The first-order valence-corrected chi connectivity index (χ1v) is 8.83. The third kappa shape index (κ3) is 8.50. The second-order valence-electron chi connectivity index (χ2n) is 6.08. The summed E-state index contributed by atoms with van der Waals surface area (Å²) in [5.74, 6) is -0.768. The van der Waals surface area contributed by atoms with Gasteiger partial charge in [-0.1, -0.05) is 30.3 Å². The maximum atomic E-state index is 12.3. The number of carbonyl (C=O) groups is 1. The van der Waals surface area contributed by atoms with Crippen molar-refractivity contribution in [3.05, 3.63) is 60.2 Å². The maximum Gasteiger partial charge on any atom is 0.232 e. The number of hydrogen-bond acceptors (Lipinski definition) is 5. The highest BCUT2D eigenvalue weighted by molar-refractivity contribution is 6.20. The minimum atomic E-state index is -0.369. The van der Waals surface area contributed by atoms with Crippen molar-refractivity contribution in [2.75, 3.05) is 10.2 Å². The Kier molecular flexibility index (Phi) is 11.9. The number of benzene rings is 2. The van der Waals surface area contributed by atoms with E-state index in [0.29, 0.717) is 17.1 Å². The number of hydrazone groups is 2. The molecule has 0 heterocycles. The van der Waals surface area contributed by atoms with Gasteiger partial charge in [-0.2, -0.15) is 5.10 Å². The smallest absolute Gasteiger partial charge is 0.232 e. The van der Waals surface area contributed by atoms with Crippen LogP contribution in [0.1, 0.15) is 19.4 Å². The second kappa shape index (κ2) is 13.5. The van der Waals surface area contributed by atoms with Gasteiger partial charge in [0, 0.05) is 12.6 Å². The summed E-state index contributed by atoms with van der Waals surface area (Å²) in [5, 5.41) is 25.6. The molecular weight excluding hydrogens is 455 g/mol. The SMILES string of the molecule is CC(=O)N(C(=NNC(=N)N)Nc1ccc(C(C)=NNC(=N)N)cc1)c1ccccc1.Cl.Cl. The number of amides is 1. The Morgan fingerprint density at radius 3 is 1.91 bits per heavy atom. The summed E-state index contributed by atoms with van der Waals surface area (Å²) >= 11 is 0. The molecule has 2 aromatic carbocycles. The lowest BCUT2D eigenvalue weighted by atomic mass is 10.1. The van der Waals surface area contributed by atoms with E-state index in [0.717, 1.165) is 5.56 Å². The standard InChI is InChI=1S/C19H24N10O.2ClH/c1-12(25-26-17(20)21)14-8-10-15(11-9-14)24-19(28-27-18(22)23)29(13(2)30)16-6-4-3-5-7-16;;/h3-11H,1-2H3,(H,24,28)(H4,20,21,26)(H4,22,23,27);2*1H. The van der Waals surface area contributed by atoms with Crippen LogP contribution < -0.4 is 32.5 Å². The van der Waals surface area contributed by atoms with E-state index in [2.05, 4.69) is 26.4 Å². The molecule has 0 saturated carbocycles. The normalized spacial score (nSPS) is 10.7. The van der Waals surface area contributed by atoms with Crippen LogP contribution >= 0.6 is 24.8 Å². The van der Waals surface area contributed by atoms with E-state index in [1.54, 1.807) is 55.5 Å². The van der Waals surface area contributed by atoms with E-state index in [-0.39, 0.29) is 48.6 Å². The minimum Gasteiger partial charge on any atom is -0.369 e. The highest BCUT2D eigenvalue weighted by Crippen LogP contribution is 2.17. The van der Waals surface area contributed by atoms with Crippen LogP contribution in [0.5, 0.6) is 0 Å². The van der Waals surface area contributed by atoms with Crippen molar-refractivity contribution in [1.29, 1.82) is 10.8 Å². The fourth-order valence-electron chi connectivity index (χ4n) is 2.41. The van der Waals surface area contributed by atoms with E-state index in [4.69, 9.17) is 22.3 Å². The molecule has 2 aromatic rings. The Balaban J connectivity index is 0.00000480. The number of nitrogens with one attached hydrogen (secondary N) is 5. The average Bonchev–Trinajstić information content (AvgIpc) is 2.71. The summed E-state index contributed by atoms with van der Waals surface area (Å²) in [6, 6.07) is 16.1. The molecule has 9 N–H and O–H groups in total. The fraction of sp³-hybridized carbons (Fsp3) is 0.105. The van der Waals surface area contributed by atoms with Crippen LogP contribution in [-0.4, -0.2) is 29.5 Å². The molecule has 0 atom stereocenters. The number of hydrogen-bond donors (Lipinski definition) is 7. The van der Waals surface area contributed by atoms with Gasteiger partial charge >= 0.3 is 0 Å². The summed E-state index contributed by atoms with van der Waals surface area (Å²) in [6.45, 7) is 3.18. The van der Waals surface area contributed by atoms with E-state index < -0.39 is 0 Å². The number of rotatable bonds is 5. The Bertz CT molecular complexity index is 977. The molecule has 0 aliphatic heterocycles. The molecule has 0 bridgehead atoms. The molecule has 0 fully saturated rings. The van der Waals surface area contributed by atoms with E-state index >= 15 is 0 Å². The molecule has 32 heavy (non-hydrogen) atoms. The number of halogens is 2. The predicted octanol–water partition coefficient (Wildman–Crippen LogP) is 1.96. The number of para-hydroxylation sites is 1. The molecule has 0 saturated heterocycles. The molecule has 2 rings (SSSR count). The van der Waals surface area contributed by atoms with E-state index in [1.807, 2.05) is 6.07 Å². The Hall–Kier alpha value is -3.83. The maximum absolute atomic E-state index is 12.3. The summed E-state index contributed by atoms with van der Waals surface area (Å²) in [6.07, 6.45) is 0. The highest BCUT2D eigenvalue weighted by Gasteiger charge is 2.19. The van der Waals surface area contributed by atoms with Gasteiger partial charge in [-0.3, -0.25) is 15.6 Å². The topological polar surface area (TPSA) is 181 Å². The molecule has 0 aliphatic rings. The molecule has 11 nitrogen and oxygen atoms in total. The van der Waals surface area contributed by atoms with Crippen LogP contribution in [0.15, 0.2) is 64.8 Å². The van der Waals surface area contributed by atoms with Gasteiger partial charge in [-0.25, -0.2) is 15.8 Å². The molecular formula is C19H26Cl2N10O. The summed E-state index contributed by atoms with van der Waals surface area (Å²) in [5.41, 5.74) is 18.0. The third-order valence-electron chi connectivity index (χ3n) is 3.73. The number of carbonyl (C=O) groups excluding carboxylic acids is 1. The number of anilines is 2. The van der Waals surface area contributed by atoms with Gasteiger partial charge in [0.15, 0.2) is 0 Å². The zero-order valence-electron chi connectivity index (χ0n) is 17.4. The minimum absolute atomic E-state index is 0. The zero-order chi connectivity index (χ0) is 22.1. The van der Waals surface area contributed by atoms with Gasteiger partial charge in [0.2, 0.25) is 23.8 Å². The molecule has 172 valence electrons. The second-order valence-corrected chi connectivity index (χ2v) is 6.08. The summed E-state index contributed by atoms with van der Waals surface area (Å²) in [7, 11) is 0. The quantitative estimate of drug-likeness (QED) is 0.195. The van der Waals surface area contributed by atoms with E-state index in [1.165, 1.54) is 11.8 Å². The van der Waals surface area contributed by atoms with Gasteiger partial charge in [-0.15, -0.1) is 29.9 Å². The molecule has 13 heteroatoms. The monoisotopic (exact) mass is 480 g/mol. The Morgan fingerprint density at radius 1 is 0.875 bits per heavy atom. The van der Waals surface area contributed by atoms with Crippen molar-refractivity contribution in [1.82, 2.24) is 10.9 Å². The number of nitrogens with two attached hydrogens (primary N) is 2. The molecule has 0 aromatic heterocycles. The van der Waals surface area contributed by atoms with Crippen LogP contribution in [0.2, 0.25) is 0 Å². The number of nitrogens with zero attached hydrogens (tertiary/aromatic N) is 3. The summed E-state index contributed by atoms with van der Waals surface area (Å²) < 4.78 is 0. The third-order valence-corrected chi connectivity index (χ3v) is 3.73. The average molecular weight is 481 g/mol. The van der Waals surface area contributed by atoms with Gasteiger partial charge in [0.05, 0.1) is 11.4 Å². The van der Waals surface area contributed by atoms with Crippen molar-refractivity contribution < 1.29 is 4.79 Å². The van der Waals surface area contributed by atoms with Crippen molar-refractivity contribution in [3.8, 4) is 0 Å². The highest BCUT2D eigenvalue weighted by atomic mass is 35.5. The first-order valence-electron chi connectivity index (χ1n) is 8.83. The molecule has 0 spiro atoms. The lowest BCUT2D eigenvalue weighted by Crippen LogP contribution is -2.42. The fourth-order valence-corrected chi connectivity index (χ4v) is 2.41. The lowest BCUT2D eigenvalue weighted by molar-refractivity contribution is -0.115. The van der Waals surface area contributed by atoms with Gasteiger partial charge in [0.1, 0.15) is 0 Å². The first kappa shape index (κ1) is 28.2. The van der Waals surface area contributed by atoms with Gasteiger partial charge in [-0.05, 0) is 36.8 Å². The zero-order valence-corrected chi connectivity index (χ0v) is 19.1. The van der Waals surface area contributed by atoms with Crippen LogP contribution in [0.25, 0.3) is 0 Å². The molecule has 0 unspecified atom stereocenters.